The minimum absolute atomic E-state index is 0.923. The van der Waals surface area contributed by atoms with Gasteiger partial charge in [0.15, 0.2) is 10.3 Å². The van der Waals surface area contributed by atoms with E-state index in [0.717, 1.165) is 37.1 Å². The summed E-state index contributed by atoms with van der Waals surface area (Å²) < 4.78 is 0. The summed E-state index contributed by atoms with van der Waals surface area (Å²) in [5.41, 5.74) is 1.39. The highest BCUT2D eigenvalue weighted by Gasteiger charge is 2.24. The average molecular weight is 268 g/mol. The van der Waals surface area contributed by atoms with Gasteiger partial charge in [0.1, 0.15) is 0 Å². The second-order valence-electron chi connectivity index (χ2n) is 4.15. The Kier molecular flexibility index (Phi) is 3.61. The van der Waals surface area contributed by atoms with Crippen molar-refractivity contribution in [2.75, 3.05) is 31.9 Å². The highest BCUT2D eigenvalue weighted by atomic mass is 32.2. The van der Waals surface area contributed by atoms with Gasteiger partial charge in [-0.05, 0) is 18.2 Å². The molecule has 0 saturated carbocycles. The molecule has 0 aromatic heterocycles. The Balaban J connectivity index is 1.60. The first kappa shape index (κ1) is 11.5. The van der Waals surface area contributed by atoms with Crippen molar-refractivity contribution in [1.82, 2.24) is 10.2 Å². The maximum atomic E-state index is 4.61. The van der Waals surface area contributed by atoms with Gasteiger partial charge in [-0.15, -0.1) is 0 Å². The molecule has 0 radical (unpaired) electrons. The van der Waals surface area contributed by atoms with Crippen molar-refractivity contribution in [3.05, 3.63) is 11.1 Å². The van der Waals surface area contributed by atoms with Crippen molar-refractivity contribution in [2.45, 2.75) is 12.8 Å². The van der Waals surface area contributed by atoms with Gasteiger partial charge in [-0.1, -0.05) is 23.5 Å². The molecule has 0 atom stereocenters. The molecule has 4 nitrogen and oxygen atoms in total. The van der Waals surface area contributed by atoms with E-state index in [1.807, 2.05) is 0 Å². The molecule has 0 spiro atoms. The highest BCUT2D eigenvalue weighted by Crippen LogP contribution is 2.30. The van der Waals surface area contributed by atoms with Gasteiger partial charge in [0.2, 0.25) is 0 Å². The summed E-state index contributed by atoms with van der Waals surface area (Å²) in [6.07, 6.45) is 2.46. The summed E-state index contributed by atoms with van der Waals surface area (Å²) in [5, 5.41) is 7.83. The predicted molar refractivity (Wildman–Crippen MR) is 76.7 cm³/mol. The number of hydrogen-bond donors (Lipinski definition) is 1. The largest absolute Gasteiger partial charge is 0.363 e. The van der Waals surface area contributed by atoms with Gasteiger partial charge in [0.05, 0.1) is 6.54 Å². The van der Waals surface area contributed by atoms with Crippen LogP contribution in [0.2, 0.25) is 0 Å². The maximum absolute atomic E-state index is 4.61. The minimum atomic E-state index is 0.923. The van der Waals surface area contributed by atoms with Crippen LogP contribution in [-0.4, -0.2) is 47.2 Å². The van der Waals surface area contributed by atoms with Crippen LogP contribution >= 0.6 is 23.5 Å². The molecule has 0 aliphatic carbocycles. The van der Waals surface area contributed by atoms with Crippen molar-refractivity contribution < 1.29 is 0 Å². The molecule has 3 heterocycles. The van der Waals surface area contributed by atoms with Crippen LogP contribution in [0.1, 0.15) is 12.8 Å². The van der Waals surface area contributed by atoms with E-state index < -0.39 is 0 Å². The maximum Gasteiger partial charge on any atom is 0.167 e. The zero-order valence-electron chi connectivity index (χ0n) is 9.69. The number of fused-ring (bicyclic) bond motifs is 1. The highest BCUT2D eigenvalue weighted by molar-refractivity contribution is 8.17. The topological polar surface area (TPSA) is 40.0 Å². The molecule has 92 valence electrons. The second-order valence-corrected chi connectivity index (χ2v) is 5.95. The fraction of sp³-hybridized carbons (Fsp3) is 0.636. The van der Waals surface area contributed by atoms with Crippen LogP contribution in [0.4, 0.5) is 0 Å². The molecule has 0 aromatic rings. The minimum Gasteiger partial charge on any atom is -0.363 e. The van der Waals surface area contributed by atoms with Crippen LogP contribution < -0.4 is 5.32 Å². The van der Waals surface area contributed by atoms with Crippen molar-refractivity contribution in [3.63, 3.8) is 0 Å². The lowest BCUT2D eigenvalue weighted by molar-refractivity contribution is 0.518. The fourth-order valence-electron chi connectivity index (χ4n) is 2.02. The predicted octanol–water partition coefficient (Wildman–Crippen LogP) is 1.72. The van der Waals surface area contributed by atoms with Gasteiger partial charge in [-0.3, -0.25) is 9.98 Å². The number of hydrogen-bond acceptors (Lipinski definition) is 6. The molecule has 6 heteroatoms. The van der Waals surface area contributed by atoms with Gasteiger partial charge >= 0.3 is 0 Å². The van der Waals surface area contributed by atoms with Crippen LogP contribution in [-0.2, 0) is 0 Å². The van der Waals surface area contributed by atoms with Crippen molar-refractivity contribution in [2.24, 2.45) is 9.98 Å². The van der Waals surface area contributed by atoms with E-state index in [4.69, 9.17) is 0 Å². The molecule has 3 aliphatic heterocycles. The lowest BCUT2D eigenvalue weighted by Gasteiger charge is -2.20. The van der Waals surface area contributed by atoms with Crippen molar-refractivity contribution >= 4 is 33.9 Å². The molecule has 0 amide bonds. The van der Waals surface area contributed by atoms with E-state index in [-0.39, 0.29) is 0 Å². The number of aliphatic imine (C=N–C) groups is 2. The molecular formula is C11H16N4S2. The summed E-state index contributed by atoms with van der Waals surface area (Å²) in [5.74, 6) is 0.998. The Hall–Kier alpha value is -0.620. The summed E-state index contributed by atoms with van der Waals surface area (Å²) >= 11 is 3.57. The van der Waals surface area contributed by atoms with E-state index in [2.05, 4.69) is 25.6 Å². The first-order valence-electron chi connectivity index (χ1n) is 6.02. The quantitative estimate of drug-likeness (QED) is 0.828. The lowest BCUT2D eigenvalue weighted by atomic mass is 10.3. The third kappa shape index (κ3) is 2.63. The third-order valence-electron chi connectivity index (χ3n) is 2.92. The number of nitrogens with zero attached hydrogens (tertiary/aromatic N) is 3. The SMILES string of the molecule is C1=C(CSC2=NCCN2)N2CCCCN=C2S1. The third-order valence-corrected chi connectivity index (χ3v) is 4.85. The van der Waals surface area contributed by atoms with Crippen LogP contribution in [0, 0.1) is 0 Å². The summed E-state index contributed by atoms with van der Waals surface area (Å²) in [6, 6.07) is 0. The zero-order valence-corrected chi connectivity index (χ0v) is 11.3. The van der Waals surface area contributed by atoms with Gasteiger partial charge in [0.25, 0.3) is 0 Å². The molecule has 1 N–H and O–H groups in total. The van der Waals surface area contributed by atoms with Crippen LogP contribution in [0.3, 0.4) is 0 Å². The Morgan fingerprint density at radius 1 is 1.35 bits per heavy atom. The van der Waals surface area contributed by atoms with Gasteiger partial charge in [-0.2, -0.15) is 0 Å². The second kappa shape index (κ2) is 5.35. The number of nitrogens with one attached hydrogen (secondary N) is 1. The Morgan fingerprint density at radius 3 is 3.24 bits per heavy atom. The molecule has 3 rings (SSSR count). The van der Waals surface area contributed by atoms with Crippen LogP contribution in [0.25, 0.3) is 0 Å². The fourth-order valence-corrected chi connectivity index (χ4v) is 3.99. The van der Waals surface area contributed by atoms with Gasteiger partial charge in [0, 0.05) is 31.1 Å². The van der Waals surface area contributed by atoms with Gasteiger partial charge < -0.3 is 10.2 Å². The van der Waals surface area contributed by atoms with E-state index in [9.17, 15) is 0 Å². The van der Waals surface area contributed by atoms with Crippen molar-refractivity contribution in [1.29, 1.82) is 0 Å². The number of thioether (sulfide) groups is 2. The molecule has 17 heavy (non-hydrogen) atoms. The standard InChI is InChI=1S/C11H16N4S2/c1-2-6-15-9(8-17-11(15)14-3-1)7-16-10-12-4-5-13-10/h8H,1-7H2,(H,12,13). The van der Waals surface area contributed by atoms with E-state index in [0.29, 0.717) is 0 Å². The molecular weight excluding hydrogens is 252 g/mol. The summed E-state index contributed by atoms with van der Waals surface area (Å²) in [6.45, 7) is 4.03. The monoisotopic (exact) mass is 268 g/mol. The van der Waals surface area contributed by atoms with Crippen LogP contribution in [0.5, 0.6) is 0 Å². The van der Waals surface area contributed by atoms with E-state index in [1.165, 1.54) is 23.7 Å². The average Bonchev–Trinajstić information content (AvgIpc) is 2.92. The Morgan fingerprint density at radius 2 is 2.35 bits per heavy atom. The zero-order chi connectivity index (χ0) is 11.5. The van der Waals surface area contributed by atoms with Crippen LogP contribution in [0.15, 0.2) is 21.1 Å². The molecule has 3 aliphatic rings. The smallest absolute Gasteiger partial charge is 0.167 e. The van der Waals surface area contributed by atoms with E-state index >= 15 is 0 Å². The summed E-state index contributed by atoms with van der Waals surface area (Å²) in [7, 11) is 0. The van der Waals surface area contributed by atoms with Crippen molar-refractivity contribution in [3.8, 4) is 0 Å². The molecule has 0 fully saturated rings. The Labute approximate surface area is 110 Å². The summed E-state index contributed by atoms with van der Waals surface area (Å²) in [4.78, 5) is 11.4. The Bertz CT molecular complexity index is 389. The van der Waals surface area contributed by atoms with E-state index in [1.54, 1.807) is 23.5 Å². The molecule has 0 bridgehead atoms. The number of amidine groups is 2. The normalized spacial score (nSPS) is 23.5. The first-order valence-corrected chi connectivity index (χ1v) is 7.89. The number of rotatable bonds is 2. The first-order chi connectivity index (χ1) is 8.43. The molecule has 0 unspecified atom stereocenters. The molecule has 0 aromatic carbocycles. The van der Waals surface area contributed by atoms with Gasteiger partial charge in [-0.25, -0.2) is 0 Å². The molecule has 0 saturated heterocycles. The lowest BCUT2D eigenvalue weighted by Crippen LogP contribution is -2.26.